The van der Waals surface area contributed by atoms with Crippen LogP contribution in [0.25, 0.3) is 0 Å². The predicted molar refractivity (Wildman–Crippen MR) is 118 cm³/mol. The molecule has 9 heteroatoms. The zero-order valence-corrected chi connectivity index (χ0v) is 19.1. The van der Waals surface area contributed by atoms with Gasteiger partial charge in [-0.25, -0.2) is 8.42 Å². The van der Waals surface area contributed by atoms with Gasteiger partial charge in [0.15, 0.2) is 11.5 Å². The van der Waals surface area contributed by atoms with Gasteiger partial charge in [-0.15, -0.1) is 0 Å². The molecule has 0 heterocycles. The Bertz CT molecular complexity index is 964. The van der Waals surface area contributed by atoms with E-state index in [-0.39, 0.29) is 23.2 Å². The lowest BCUT2D eigenvalue weighted by atomic mass is 10.2. The third-order valence-corrected chi connectivity index (χ3v) is 6.50. The Morgan fingerprint density at radius 2 is 1.73 bits per heavy atom. The van der Waals surface area contributed by atoms with Gasteiger partial charge in [-0.1, -0.05) is 24.9 Å². The van der Waals surface area contributed by atoms with E-state index in [1.165, 1.54) is 32.4 Å². The lowest BCUT2D eigenvalue weighted by Crippen LogP contribution is -2.43. The maximum Gasteiger partial charge on any atom is 0.264 e. The normalized spacial score (nSPS) is 12.2. The monoisotopic (exact) mass is 454 g/mol. The van der Waals surface area contributed by atoms with Crippen molar-refractivity contribution in [1.29, 1.82) is 0 Å². The number of amides is 1. The largest absolute Gasteiger partial charge is 0.493 e. The molecule has 164 valence electrons. The number of carbonyl (C=O) groups is 1. The fraction of sp³-hybridized carbons (Fsp3) is 0.381. The van der Waals surface area contributed by atoms with Crippen LogP contribution < -0.4 is 19.1 Å². The van der Waals surface area contributed by atoms with Gasteiger partial charge in [-0.2, -0.15) is 0 Å². The molecule has 0 aliphatic carbocycles. The van der Waals surface area contributed by atoms with Crippen LogP contribution in [0.3, 0.4) is 0 Å². The fourth-order valence-corrected chi connectivity index (χ4v) is 4.55. The highest BCUT2D eigenvalue weighted by molar-refractivity contribution is 7.92. The van der Waals surface area contributed by atoms with Crippen molar-refractivity contribution in [3.63, 3.8) is 0 Å². The van der Waals surface area contributed by atoms with E-state index < -0.39 is 15.9 Å². The lowest BCUT2D eigenvalue weighted by Gasteiger charge is -2.25. The van der Waals surface area contributed by atoms with Crippen molar-refractivity contribution in [2.24, 2.45) is 0 Å². The number of nitrogens with zero attached hydrogens (tertiary/aromatic N) is 1. The SMILES string of the molecule is CCC[C@@H](C)NC(=O)CN(c1ccc(Cl)cc1)S(=O)(=O)c1ccc(OC)c(OC)c1. The second kappa shape index (κ2) is 10.5. The summed E-state index contributed by atoms with van der Waals surface area (Å²) < 4.78 is 38.4. The number of nitrogens with one attached hydrogen (secondary N) is 1. The van der Waals surface area contributed by atoms with Crippen LogP contribution in [0.1, 0.15) is 26.7 Å². The van der Waals surface area contributed by atoms with Gasteiger partial charge in [-0.05, 0) is 49.7 Å². The molecule has 0 fully saturated rings. The first-order chi connectivity index (χ1) is 14.2. The van der Waals surface area contributed by atoms with Gasteiger partial charge in [0.25, 0.3) is 10.0 Å². The van der Waals surface area contributed by atoms with Crippen LogP contribution >= 0.6 is 11.6 Å². The van der Waals surface area contributed by atoms with Gasteiger partial charge >= 0.3 is 0 Å². The molecular formula is C21H27ClN2O5S. The van der Waals surface area contributed by atoms with Crippen molar-refractivity contribution in [3.8, 4) is 11.5 Å². The van der Waals surface area contributed by atoms with Gasteiger partial charge in [0, 0.05) is 17.1 Å². The summed E-state index contributed by atoms with van der Waals surface area (Å²) >= 11 is 5.95. The van der Waals surface area contributed by atoms with E-state index in [1.807, 2.05) is 13.8 Å². The van der Waals surface area contributed by atoms with Gasteiger partial charge in [0.1, 0.15) is 6.54 Å². The molecule has 0 aliphatic heterocycles. The van der Waals surface area contributed by atoms with Crippen LogP contribution in [0, 0.1) is 0 Å². The number of benzene rings is 2. The summed E-state index contributed by atoms with van der Waals surface area (Å²) in [5, 5.41) is 3.30. The summed E-state index contributed by atoms with van der Waals surface area (Å²) in [6.07, 6.45) is 1.71. The number of ether oxygens (including phenoxy) is 2. The van der Waals surface area contributed by atoms with Crippen molar-refractivity contribution < 1.29 is 22.7 Å². The molecule has 0 spiro atoms. The van der Waals surface area contributed by atoms with Crippen LogP contribution in [0.15, 0.2) is 47.4 Å². The molecule has 7 nitrogen and oxygen atoms in total. The highest BCUT2D eigenvalue weighted by atomic mass is 35.5. The van der Waals surface area contributed by atoms with Crippen molar-refractivity contribution >= 4 is 33.2 Å². The van der Waals surface area contributed by atoms with Crippen LogP contribution in [-0.4, -0.2) is 41.1 Å². The Morgan fingerprint density at radius 3 is 2.30 bits per heavy atom. The van der Waals surface area contributed by atoms with Crippen LogP contribution in [0.5, 0.6) is 11.5 Å². The lowest BCUT2D eigenvalue weighted by molar-refractivity contribution is -0.120. The molecule has 1 N–H and O–H groups in total. The third kappa shape index (κ3) is 5.79. The van der Waals surface area contributed by atoms with Gasteiger partial charge in [0.2, 0.25) is 5.91 Å². The Balaban J connectivity index is 2.44. The third-order valence-electron chi connectivity index (χ3n) is 4.47. The number of rotatable bonds is 10. The molecule has 30 heavy (non-hydrogen) atoms. The van der Waals surface area contributed by atoms with Crippen LogP contribution in [-0.2, 0) is 14.8 Å². The average Bonchev–Trinajstić information content (AvgIpc) is 2.72. The molecular weight excluding hydrogens is 428 g/mol. The van der Waals surface area contributed by atoms with E-state index >= 15 is 0 Å². The van der Waals surface area contributed by atoms with E-state index in [2.05, 4.69) is 5.32 Å². The quantitative estimate of drug-likeness (QED) is 0.589. The van der Waals surface area contributed by atoms with Crippen molar-refractivity contribution in [1.82, 2.24) is 5.32 Å². The van der Waals surface area contributed by atoms with E-state index in [0.717, 1.165) is 17.1 Å². The average molecular weight is 455 g/mol. The molecule has 2 rings (SSSR count). The molecule has 2 aromatic rings. The molecule has 0 aromatic heterocycles. The smallest absolute Gasteiger partial charge is 0.264 e. The molecule has 0 saturated heterocycles. The highest BCUT2D eigenvalue weighted by Gasteiger charge is 2.28. The standard InChI is InChI=1S/C21H27ClN2O5S/c1-5-6-15(2)23-21(25)14-24(17-9-7-16(22)8-10-17)30(26,27)18-11-12-19(28-3)20(13-18)29-4/h7-13,15H,5-6,14H2,1-4H3,(H,23,25)/t15-/m1/s1. The molecule has 1 atom stereocenters. The number of halogens is 1. The molecule has 0 aliphatic rings. The van der Waals surface area contributed by atoms with E-state index in [9.17, 15) is 13.2 Å². The topological polar surface area (TPSA) is 84.9 Å². The Hall–Kier alpha value is -2.45. The maximum atomic E-state index is 13.4. The summed E-state index contributed by atoms with van der Waals surface area (Å²) in [5.74, 6) is 0.284. The molecule has 0 saturated carbocycles. The van der Waals surface area contributed by atoms with E-state index in [4.69, 9.17) is 21.1 Å². The van der Waals surface area contributed by atoms with Crippen LogP contribution in [0.4, 0.5) is 5.69 Å². The molecule has 0 bridgehead atoms. The number of hydrogen-bond donors (Lipinski definition) is 1. The predicted octanol–water partition coefficient (Wildman–Crippen LogP) is 3.86. The minimum Gasteiger partial charge on any atom is -0.493 e. The first-order valence-corrected chi connectivity index (χ1v) is 11.3. The Morgan fingerprint density at radius 1 is 1.10 bits per heavy atom. The maximum absolute atomic E-state index is 13.4. The molecule has 0 unspecified atom stereocenters. The van der Waals surface area contributed by atoms with E-state index in [1.54, 1.807) is 24.3 Å². The fourth-order valence-electron chi connectivity index (χ4n) is 2.98. The van der Waals surface area contributed by atoms with Crippen molar-refractivity contribution in [3.05, 3.63) is 47.5 Å². The van der Waals surface area contributed by atoms with Crippen LogP contribution in [0.2, 0.25) is 5.02 Å². The molecule has 0 radical (unpaired) electrons. The first kappa shape index (κ1) is 23.8. The summed E-state index contributed by atoms with van der Waals surface area (Å²) in [7, 11) is -1.18. The zero-order valence-electron chi connectivity index (χ0n) is 17.5. The van der Waals surface area contributed by atoms with Crippen molar-refractivity contribution in [2.75, 3.05) is 25.1 Å². The zero-order chi connectivity index (χ0) is 22.3. The summed E-state index contributed by atoms with van der Waals surface area (Å²) in [6.45, 7) is 3.54. The minimum absolute atomic E-state index is 0.0236. The number of hydrogen-bond acceptors (Lipinski definition) is 5. The minimum atomic E-state index is -4.07. The Kier molecular flexibility index (Phi) is 8.37. The number of sulfonamides is 1. The molecule has 1 amide bonds. The Labute approximate surface area is 183 Å². The second-order valence-electron chi connectivity index (χ2n) is 6.76. The van der Waals surface area contributed by atoms with Gasteiger partial charge in [-0.3, -0.25) is 9.10 Å². The first-order valence-electron chi connectivity index (χ1n) is 9.52. The van der Waals surface area contributed by atoms with Gasteiger partial charge < -0.3 is 14.8 Å². The number of carbonyl (C=O) groups excluding carboxylic acids is 1. The van der Waals surface area contributed by atoms with Gasteiger partial charge in [0.05, 0.1) is 24.8 Å². The number of anilines is 1. The van der Waals surface area contributed by atoms with E-state index in [0.29, 0.717) is 16.5 Å². The highest BCUT2D eigenvalue weighted by Crippen LogP contribution is 2.32. The summed E-state index contributed by atoms with van der Waals surface area (Å²) in [6, 6.07) is 10.5. The summed E-state index contributed by atoms with van der Waals surface area (Å²) in [5.41, 5.74) is 0.326. The number of methoxy groups -OCH3 is 2. The summed E-state index contributed by atoms with van der Waals surface area (Å²) in [4.78, 5) is 12.6. The second-order valence-corrected chi connectivity index (χ2v) is 9.06. The molecule has 2 aromatic carbocycles. The van der Waals surface area contributed by atoms with Crippen molar-refractivity contribution in [2.45, 2.75) is 37.6 Å².